The van der Waals surface area contributed by atoms with Gasteiger partial charge in [-0.25, -0.2) is 14.8 Å². The average Bonchev–Trinajstić information content (AvgIpc) is 2.64. The minimum absolute atomic E-state index is 0.261. The molecular weight excluding hydrogens is 300 g/mol. The van der Waals surface area contributed by atoms with E-state index in [0.717, 1.165) is 22.4 Å². The molecule has 0 radical (unpaired) electrons. The van der Waals surface area contributed by atoms with Crippen LogP contribution in [0.2, 0.25) is 0 Å². The first-order valence-electron chi connectivity index (χ1n) is 7.88. The summed E-state index contributed by atoms with van der Waals surface area (Å²) in [5, 5.41) is 8.94. The Morgan fingerprint density at radius 1 is 0.958 bits per heavy atom. The topological polar surface area (TPSA) is 63.1 Å². The second kappa shape index (κ2) is 8.02. The lowest BCUT2D eigenvalue weighted by Crippen LogP contribution is -1.96. The van der Waals surface area contributed by atoms with Gasteiger partial charge in [0, 0.05) is 17.3 Å². The Labute approximate surface area is 141 Å². The van der Waals surface area contributed by atoms with Crippen LogP contribution in [0.4, 0.5) is 0 Å². The Balaban J connectivity index is 0.00000100. The molecule has 1 heterocycles. The molecule has 4 nitrogen and oxygen atoms in total. The van der Waals surface area contributed by atoms with Gasteiger partial charge in [-0.2, -0.15) is 0 Å². The van der Waals surface area contributed by atoms with E-state index in [9.17, 15) is 4.79 Å². The highest BCUT2D eigenvalue weighted by atomic mass is 16.4. The first kappa shape index (κ1) is 17.3. The van der Waals surface area contributed by atoms with E-state index in [1.54, 1.807) is 30.5 Å². The van der Waals surface area contributed by atoms with Gasteiger partial charge in [0.15, 0.2) is 5.82 Å². The summed E-state index contributed by atoms with van der Waals surface area (Å²) in [7, 11) is 0. The molecule has 0 aliphatic rings. The van der Waals surface area contributed by atoms with Crippen LogP contribution in [-0.4, -0.2) is 21.0 Å². The van der Waals surface area contributed by atoms with Crippen LogP contribution in [0.3, 0.4) is 0 Å². The van der Waals surface area contributed by atoms with Crippen molar-refractivity contribution in [1.82, 2.24) is 9.97 Å². The van der Waals surface area contributed by atoms with Gasteiger partial charge in [0.1, 0.15) is 0 Å². The predicted octanol–water partition coefficient (Wildman–Crippen LogP) is 4.84. The van der Waals surface area contributed by atoms with Gasteiger partial charge >= 0.3 is 5.97 Å². The standard InChI is InChI=1S/C18H14N2O2.C2H6/c1-12-4-2-3-5-15(12)17-19-11-10-16(20-17)13-6-8-14(9-7-13)18(21)22;1-2/h2-11H,1H3,(H,21,22);1-2H3. The van der Waals surface area contributed by atoms with Gasteiger partial charge in [0.25, 0.3) is 0 Å². The van der Waals surface area contributed by atoms with Crippen LogP contribution in [-0.2, 0) is 0 Å². The highest BCUT2D eigenvalue weighted by Gasteiger charge is 2.08. The van der Waals surface area contributed by atoms with Crippen molar-refractivity contribution in [2.24, 2.45) is 0 Å². The molecule has 0 bridgehead atoms. The van der Waals surface area contributed by atoms with Crippen molar-refractivity contribution < 1.29 is 9.90 Å². The molecule has 0 saturated heterocycles. The third-order valence-electron chi connectivity index (χ3n) is 3.47. The summed E-state index contributed by atoms with van der Waals surface area (Å²) < 4.78 is 0. The van der Waals surface area contributed by atoms with E-state index >= 15 is 0 Å². The summed E-state index contributed by atoms with van der Waals surface area (Å²) in [6.07, 6.45) is 1.72. The molecule has 0 amide bonds. The molecule has 0 spiro atoms. The van der Waals surface area contributed by atoms with E-state index in [0.29, 0.717) is 5.82 Å². The summed E-state index contributed by atoms with van der Waals surface area (Å²) in [5.41, 5.74) is 4.00. The number of aromatic carboxylic acids is 1. The lowest BCUT2D eigenvalue weighted by atomic mass is 10.1. The molecule has 0 saturated carbocycles. The fourth-order valence-electron chi connectivity index (χ4n) is 2.26. The largest absolute Gasteiger partial charge is 0.478 e. The van der Waals surface area contributed by atoms with Gasteiger partial charge in [-0.15, -0.1) is 0 Å². The minimum atomic E-state index is -0.935. The number of aryl methyl sites for hydroxylation is 1. The molecule has 0 unspecified atom stereocenters. The van der Waals surface area contributed by atoms with Crippen molar-refractivity contribution in [2.45, 2.75) is 20.8 Å². The number of aromatic nitrogens is 2. The highest BCUT2D eigenvalue weighted by molar-refractivity contribution is 5.88. The number of carbonyl (C=O) groups is 1. The normalized spacial score (nSPS) is 9.79. The third-order valence-corrected chi connectivity index (χ3v) is 3.47. The predicted molar refractivity (Wildman–Crippen MR) is 95.9 cm³/mol. The summed E-state index contributed by atoms with van der Waals surface area (Å²) in [5.74, 6) is -0.271. The van der Waals surface area contributed by atoms with Gasteiger partial charge in [-0.1, -0.05) is 50.2 Å². The molecule has 0 aliphatic heterocycles. The second-order valence-electron chi connectivity index (χ2n) is 4.96. The maximum atomic E-state index is 10.9. The van der Waals surface area contributed by atoms with Gasteiger partial charge in [0.2, 0.25) is 0 Å². The Morgan fingerprint density at radius 3 is 2.25 bits per heavy atom. The second-order valence-corrected chi connectivity index (χ2v) is 4.96. The number of hydrogen-bond acceptors (Lipinski definition) is 3. The van der Waals surface area contributed by atoms with Crippen molar-refractivity contribution in [2.75, 3.05) is 0 Å². The van der Waals surface area contributed by atoms with E-state index in [1.807, 2.05) is 51.1 Å². The fraction of sp³-hybridized carbons (Fsp3) is 0.150. The van der Waals surface area contributed by atoms with Crippen LogP contribution in [0.5, 0.6) is 0 Å². The maximum absolute atomic E-state index is 10.9. The van der Waals surface area contributed by atoms with Crippen LogP contribution in [0.1, 0.15) is 29.8 Å². The smallest absolute Gasteiger partial charge is 0.335 e. The number of carboxylic acid groups (broad SMARTS) is 1. The maximum Gasteiger partial charge on any atom is 0.335 e. The number of carboxylic acids is 1. The van der Waals surface area contributed by atoms with E-state index in [-0.39, 0.29) is 5.56 Å². The van der Waals surface area contributed by atoms with Gasteiger partial charge in [-0.05, 0) is 30.7 Å². The zero-order chi connectivity index (χ0) is 17.5. The minimum Gasteiger partial charge on any atom is -0.478 e. The summed E-state index contributed by atoms with van der Waals surface area (Å²) in [4.78, 5) is 19.8. The molecule has 2 aromatic carbocycles. The van der Waals surface area contributed by atoms with Gasteiger partial charge < -0.3 is 5.11 Å². The van der Waals surface area contributed by atoms with Crippen molar-refractivity contribution in [3.8, 4) is 22.6 Å². The van der Waals surface area contributed by atoms with Gasteiger partial charge in [0.05, 0.1) is 11.3 Å². The van der Waals surface area contributed by atoms with Crippen LogP contribution in [0.15, 0.2) is 60.8 Å². The Hall–Kier alpha value is -3.01. The summed E-state index contributed by atoms with van der Waals surface area (Å²) >= 11 is 0. The molecule has 1 N–H and O–H groups in total. The molecule has 0 aliphatic carbocycles. The molecule has 122 valence electrons. The van der Waals surface area contributed by atoms with Crippen LogP contribution < -0.4 is 0 Å². The SMILES string of the molecule is CC.Cc1ccccc1-c1nccc(-c2ccc(C(=O)O)cc2)n1. The molecule has 0 atom stereocenters. The monoisotopic (exact) mass is 320 g/mol. The first-order valence-corrected chi connectivity index (χ1v) is 7.88. The first-order chi connectivity index (χ1) is 11.6. The molecule has 0 fully saturated rings. The Bertz CT molecular complexity index is 827. The van der Waals surface area contributed by atoms with E-state index < -0.39 is 5.97 Å². The van der Waals surface area contributed by atoms with Crippen LogP contribution in [0.25, 0.3) is 22.6 Å². The number of nitrogens with zero attached hydrogens (tertiary/aromatic N) is 2. The summed E-state index contributed by atoms with van der Waals surface area (Å²) in [6.45, 7) is 6.02. The third kappa shape index (κ3) is 3.84. The van der Waals surface area contributed by atoms with Crippen molar-refractivity contribution in [3.05, 3.63) is 71.9 Å². The molecule has 3 rings (SSSR count). The molecule has 24 heavy (non-hydrogen) atoms. The molecule has 4 heteroatoms. The number of benzene rings is 2. The van der Waals surface area contributed by atoms with Crippen molar-refractivity contribution in [3.63, 3.8) is 0 Å². The van der Waals surface area contributed by atoms with Crippen LogP contribution >= 0.6 is 0 Å². The summed E-state index contributed by atoms with van der Waals surface area (Å²) in [6, 6.07) is 16.4. The quantitative estimate of drug-likeness (QED) is 0.749. The van der Waals surface area contributed by atoms with E-state index in [2.05, 4.69) is 9.97 Å². The highest BCUT2D eigenvalue weighted by Crippen LogP contribution is 2.23. The molecular formula is C20H20N2O2. The van der Waals surface area contributed by atoms with Crippen LogP contribution in [0, 0.1) is 6.92 Å². The lowest BCUT2D eigenvalue weighted by molar-refractivity contribution is 0.0697. The molecule has 1 aromatic heterocycles. The van der Waals surface area contributed by atoms with E-state index in [4.69, 9.17) is 5.11 Å². The van der Waals surface area contributed by atoms with E-state index in [1.165, 1.54) is 0 Å². The van der Waals surface area contributed by atoms with Crippen molar-refractivity contribution in [1.29, 1.82) is 0 Å². The lowest BCUT2D eigenvalue weighted by Gasteiger charge is -2.06. The zero-order valence-electron chi connectivity index (χ0n) is 14.0. The van der Waals surface area contributed by atoms with Crippen molar-refractivity contribution >= 4 is 5.97 Å². The number of hydrogen-bond donors (Lipinski definition) is 1. The Morgan fingerprint density at radius 2 is 1.62 bits per heavy atom. The fourth-order valence-corrected chi connectivity index (χ4v) is 2.26. The zero-order valence-corrected chi connectivity index (χ0v) is 14.0. The Kier molecular flexibility index (Phi) is 5.79. The van der Waals surface area contributed by atoms with Gasteiger partial charge in [-0.3, -0.25) is 0 Å². The molecule has 3 aromatic rings. The average molecular weight is 320 g/mol. The number of rotatable bonds is 3.